The van der Waals surface area contributed by atoms with Gasteiger partial charge < -0.3 is 29.7 Å². The minimum atomic E-state index is -1.30. The second-order valence-electron chi connectivity index (χ2n) is 13.4. The number of allylic oxidation sites excluding steroid dienone is 1. The minimum absolute atomic E-state index is 0.101. The summed E-state index contributed by atoms with van der Waals surface area (Å²) in [4.78, 5) is 59.2. The van der Waals surface area contributed by atoms with Gasteiger partial charge in [0.2, 0.25) is 11.8 Å². The summed E-state index contributed by atoms with van der Waals surface area (Å²) < 4.78 is 12.2. The van der Waals surface area contributed by atoms with Crippen molar-refractivity contribution in [3.05, 3.63) is 90.5 Å². The highest BCUT2D eigenvalue weighted by atomic mass is 35.5. The van der Waals surface area contributed by atoms with E-state index in [1.165, 1.54) is 9.80 Å². The molecule has 3 amide bonds. The van der Waals surface area contributed by atoms with Crippen LogP contribution in [-0.4, -0.2) is 77.2 Å². The number of ether oxygens (including phenoxy) is 2. The maximum Gasteiger partial charge on any atom is 0.306 e. The number of rotatable bonds is 16. The van der Waals surface area contributed by atoms with Gasteiger partial charge in [-0.25, -0.2) is 0 Å². The molecule has 2 bridgehead atoms. The van der Waals surface area contributed by atoms with Crippen LogP contribution >= 0.6 is 11.6 Å². The number of nitrogens with zero attached hydrogens (tertiary/aromatic N) is 2. The van der Waals surface area contributed by atoms with Crippen LogP contribution < -0.4 is 10.2 Å². The van der Waals surface area contributed by atoms with Crippen molar-refractivity contribution in [3.63, 3.8) is 0 Å². The second-order valence-corrected chi connectivity index (χ2v) is 13.8. The summed E-state index contributed by atoms with van der Waals surface area (Å²) in [5, 5.41) is 14.0. The Balaban J connectivity index is 1.51. The Morgan fingerprint density at radius 1 is 1.14 bits per heavy atom. The maximum atomic E-state index is 14.8. The summed E-state index contributed by atoms with van der Waals surface area (Å²) in [7, 11) is 0. The molecule has 7 atom stereocenters. The van der Waals surface area contributed by atoms with E-state index in [1.54, 1.807) is 36.4 Å². The van der Waals surface area contributed by atoms with Crippen LogP contribution in [0.1, 0.15) is 57.6 Å². The van der Waals surface area contributed by atoms with Crippen molar-refractivity contribution in [1.29, 1.82) is 0 Å². The van der Waals surface area contributed by atoms with Crippen LogP contribution in [0.25, 0.3) is 0 Å². The lowest BCUT2D eigenvalue weighted by molar-refractivity contribution is -0.146. The normalized spacial score (nSPS) is 25.1. The topological polar surface area (TPSA) is 125 Å². The zero-order valence-electron chi connectivity index (χ0n) is 28.1. The Morgan fingerprint density at radius 2 is 1.86 bits per heavy atom. The number of aliphatic hydroxyl groups is 1. The number of anilines is 1. The van der Waals surface area contributed by atoms with Crippen LogP contribution in [0.5, 0.6) is 0 Å². The molecule has 5 rings (SSSR count). The van der Waals surface area contributed by atoms with Crippen LogP contribution in [0.2, 0.25) is 5.02 Å². The number of hydrogen-bond donors (Lipinski definition) is 2. The van der Waals surface area contributed by atoms with Crippen molar-refractivity contribution in [1.82, 2.24) is 10.2 Å². The van der Waals surface area contributed by atoms with Gasteiger partial charge in [0.15, 0.2) is 0 Å². The average molecular weight is 692 g/mol. The lowest BCUT2D eigenvalue weighted by Crippen LogP contribution is -2.59. The molecule has 0 radical (unpaired) electrons. The molecule has 3 aliphatic rings. The third-order valence-electron chi connectivity index (χ3n) is 9.83. The summed E-state index contributed by atoms with van der Waals surface area (Å²) in [6, 6.07) is 13.6. The molecule has 0 aromatic heterocycles. The predicted octanol–water partition coefficient (Wildman–Crippen LogP) is 5.01. The third-order valence-corrected chi connectivity index (χ3v) is 10.1. The number of carbonyl (C=O) groups is 4. The zero-order valence-corrected chi connectivity index (χ0v) is 28.9. The maximum absolute atomic E-state index is 14.8. The van der Waals surface area contributed by atoms with Gasteiger partial charge in [-0.2, -0.15) is 0 Å². The van der Waals surface area contributed by atoms with Crippen molar-refractivity contribution >= 4 is 41.0 Å². The van der Waals surface area contributed by atoms with Crippen molar-refractivity contribution < 1.29 is 33.8 Å². The Labute approximate surface area is 293 Å². The standard InChI is InChI=1S/C38H46ClN3O7/c1-5-7-17-31(44)48-23-28(25-13-9-8-10-14-25)40-35(45)32-30-18-19-38(49-30)33(32)36(46)42(26(22-43)21-24(3)4)34(38)37(47)41(20-6-2)29-16-12-11-15-27(29)39/h5-6,8-16,24,26,28,30,32-34,43H,1-2,7,17-23H2,3-4H3,(H,40,45)/t26-,28-,30-,32+,33+,34-,38+/m1/s1. The molecule has 2 N–H and O–H groups in total. The van der Waals surface area contributed by atoms with E-state index in [4.69, 9.17) is 21.1 Å². The van der Waals surface area contributed by atoms with Gasteiger partial charge in [-0.05, 0) is 49.3 Å². The molecule has 10 nitrogen and oxygen atoms in total. The minimum Gasteiger partial charge on any atom is -0.463 e. The van der Waals surface area contributed by atoms with Gasteiger partial charge in [0.1, 0.15) is 18.2 Å². The number of carbonyl (C=O) groups excluding carboxylic acids is 4. The fraction of sp³-hybridized carbons (Fsp3) is 0.474. The van der Waals surface area contributed by atoms with Crippen LogP contribution in [0.4, 0.5) is 5.69 Å². The number of halogens is 1. The molecular formula is C38H46ClN3O7. The van der Waals surface area contributed by atoms with E-state index in [1.807, 2.05) is 44.2 Å². The molecule has 0 saturated carbocycles. The zero-order chi connectivity index (χ0) is 35.3. The van der Waals surface area contributed by atoms with Crippen molar-refractivity contribution in [2.45, 2.75) is 75.8 Å². The lowest BCUT2D eigenvalue weighted by Gasteiger charge is -2.39. The van der Waals surface area contributed by atoms with E-state index in [-0.39, 0.29) is 32.1 Å². The SMILES string of the molecule is C=CCCC(=O)OC[C@@H](NC(=O)[C@@H]1[C@H]2C(=O)N([C@@H](CO)CC(C)C)[C@H](C(=O)N(CC=C)c3ccccc3Cl)[C@]23CC[C@H]1O3)c1ccccc1. The average Bonchev–Trinajstić information content (AvgIpc) is 3.74. The monoisotopic (exact) mass is 691 g/mol. The fourth-order valence-corrected chi connectivity index (χ4v) is 8.02. The van der Waals surface area contributed by atoms with Crippen molar-refractivity contribution in [3.8, 4) is 0 Å². The first-order valence-corrected chi connectivity index (χ1v) is 17.3. The van der Waals surface area contributed by atoms with Gasteiger partial charge in [-0.1, -0.05) is 80.1 Å². The molecule has 262 valence electrons. The molecule has 49 heavy (non-hydrogen) atoms. The number of likely N-dealkylation sites (tertiary alicyclic amines) is 1. The first kappa shape index (κ1) is 36.3. The van der Waals surface area contributed by atoms with Gasteiger partial charge in [0.25, 0.3) is 5.91 Å². The van der Waals surface area contributed by atoms with Crippen LogP contribution in [-0.2, 0) is 28.7 Å². The molecule has 3 fully saturated rings. The highest BCUT2D eigenvalue weighted by molar-refractivity contribution is 6.34. The molecule has 1 spiro atoms. The van der Waals surface area contributed by atoms with E-state index in [9.17, 15) is 24.3 Å². The van der Waals surface area contributed by atoms with E-state index < -0.39 is 65.4 Å². The summed E-state index contributed by atoms with van der Waals surface area (Å²) in [6.45, 7) is 11.1. The fourth-order valence-electron chi connectivity index (χ4n) is 7.78. The smallest absolute Gasteiger partial charge is 0.306 e. The molecule has 3 heterocycles. The van der Waals surface area contributed by atoms with Crippen molar-refractivity contribution in [2.24, 2.45) is 17.8 Å². The lowest BCUT2D eigenvalue weighted by atomic mass is 9.70. The number of hydrogen-bond acceptors (Lipinski definition) is 7. The summed E-state index contributed by atoms with van der Waals surface area (Å²) >= 11 is 6.58. The Kier molecular flexibility index (Phi) is 11.6. The van der Waals surface area contributed by atoms with Gasteiger partial charge in [0, 0.05) is 13.0 Å². The van der Waals surface area contributed by atoms with Crippen LogP contribution in [0, 0.1) is 17.8 Å². The number of amides is 3. The first-order chi connectivity index (χ1) is 23.6. The van der Waals surface area contributed by atoms with Gasteiger partial charge in [-0.15, -0.1) is 13.2 Å². The largest absolute Gasteiger partial charge is 0.463 e. The number of aliphatic hydroxyl groups excluding tert-OH is 1. The van der Waals surface area contributed by atoms with E-state index in [2.05, 4.69) is 18.5 Å². The van der Waals surface area contributed by atoms with Crippen LogP contribution in [0.3, 0.4) is 0 Å². The second kappa shape index (κ2) is 15.7. The van der Waals surface area contributed by atoms with Gasteiger partial charge >= 0.3 is 5.97 Å². The summed E-state index contributed by atoms with van der Waals surface area (Å²) in [6.07, 6.45) is 4.55. The molecule has 3 saturated heterocycles. The van der Waals surface area contributed by atoms with Gasteiger partial charge in [-0.3, -0.25) is 19.2 Å². The quantitative estimate of drug-likeness (QED) is 0.187. The number of fused-ring (bicyclic) bond motifs is 1. The molecule has 11 heteroatoms. The van der Waals surface area contributed by atoms with E-state index in [0.29, 0.717) is 36.4 Å². The number of para-hydroxylation sites is 1. The third kappa shape index (κ3) is 7.18. The Bertz CT molecular complexity index is 1550. The van der Waals surface area contributed by atoms with Gasteiger partial charge in [0.05, 0.1) is 47.3 Å². The highest BCUT2D eigenvalue weighted by Gasteiger charge is 2.75. The molecule has 0 unspecified atom stereocenters. The predicted molar refractivity (Wildman–Crippen MR) is 186 cm³/mol. The molecular weight excluding hydrogens is 646 g/mol. The molecule has 2 aromatic carbocycles. The number of esters is 1. The summed E-state index contributed by atoms with van der Waals surface area (Å²) in [5.74, 6) is -3.42. The number of benzene rings is 2. The van der Waals surface area contributed by atoms with E-state index in [0.717, 1.165) is 5.56 Å². The Morgan fingerprint density at radius 3 is 2.51 bits per heavy atom. The molecule has 3 aliphatic heterocycles. The molecule has 0 aliphatic carbocycles. The molecule has 2 aromatic rings. The Hall–Kier alpha value is -3.99. The number of nitrogens with one attached hydrogen (secondary N) is 1. The summed E-state index contributed by atoms with van der Waals surface area (Å²) in [5.41, 5.74) is -0.109. The van der Waals surface area contributed by atoms with Crippen molar-refractivity contribution in [2.75, 3.05) is 24.7 Å². The van der Waals surface area contributed by atoms with E-state index >= 15 is 0 Å². The highest BCUT2D eigenvalue weighted by Crippen LogP contribution is 2.59. The van der Waals surface area contributed by atoms with Crippen LogP contribution in [0.15, 0.2) is 79.9 Å². The first-order valence-electron chi connectivity index (χ1n) is 17.0.